The van der Waals surface area contributed by atoms with Gasteiger partial charge in [0.05, 0.1) is 12.8 Å². The van der Waals surface area contributed by atoms with Gasteiger partial charge in [-0.2, -0.15) is 0 Å². The zero-order valence-electron chi connectivity index (χ0n) is 13.3. The molecule has 7 heteroatoms. The van der Waals surface area contributed by atoms with Crippen molar-refractivity contribution in [1.82, 2.24) is 0 Å². The third-order valence-electron chi connectivity index (χ3n) is 3.47. The van der Waals surface area contributed by atoms with Crippen molar-refractivity contribution in [1.29, 1.82) is 0 Å². The van der Waals surface area contributed by atoms with E-state index in [-0.39, 0.29) is 5.69 Å². The highest BCUT2D eigenvalue weighted by atomic mass is 19.1. The van der Waals surface area contributed by atoms with E-state index < -0.39 is 17.5 Å². The van der Waals surface area contributed by atoms with Crippen molar-refractivity contribution >= 4 is 17.7 Å². The topological polar surface area (TPSA) is 56.8 Å². The van der Waals surface area contributed by atoms with Gasteiger partial charge in [-0.25, -0.2) is 8.78 Å². The van der Waals surface area contributed by atoms with E-state index in [2.05, 4.69) is 5.32 Å². The van der Waals surface area contributed by atoms with Crippen LogP contribution < -0.4 is 19.5 Å². The maximum atomic E-state index is 13.5. The number of carbonyl (C=O) groups is 1. The summed E-state index contributed by atoms with van der Waals surface area (Å²) in [7, 11) is 1.51. The molecule has 1 amide bonds. The molecule has 0 saturated heterocycles. The van der Waals surface area contributed by atoms with Crippen molar-refractivity contribution in [2.75, 3.05) is 25.6 Å². The Morgan fingerprint density at radius 2 is 2.00 bits per heavy atom. The first-order valence-electron chi connectivity index (χ1n) is 7.48. The molecule has 0 atom stereocenters. The molecule has 1 N–H and O–H groups in total. The molecular weight excluding hydrogens is 332 g/mol. The Morgan fingerprint density at radius 1 is 1.20 bits per heavy atom. The van der Waals surface area contributed by atoms with Gasteiger partial charge in [-0.1, -0.05) is 0 Å². The summed E-state index contributed by atoms with van der Waals surface area (Å²) in [4.78, 5) is 11.9. The van der Waals surface area contributed by atoms with Gasteiger partial charge in [0.25, 0.3) is 0 Å². The number of anilines is 1. The maximum absolute atomic E-state index is 13.5. The van der Waals surface area contributed by atoms with Crippen LogP contribution >= 0.6 is 0 Å². The third-order valence-corrected chi connectivity index (χ3v) is 3.47. The summed E-state index contributed by atoms with van der Waals surface area (Å²) in [5.74, 6) is -0.586. The molecule has 130 valence electrons. The van der Waals surface area contributed by atoms with Crippen LogP contribution in [0.1, 0.15) is 5.56 Å². The molecular formula is C18H15F2NO4. The first-order valence-corrected chi connectivity index (χ1v) is 7.48. The second-order valence-corrected chi connectivity index (χ2v) is 5.19. The second kappa shape index (κ2) is 7.21. The smallest absolute Gasteiger partial charge is 0.248 e. The molecule has 25 heavy (non-hydrogen) atoms. The number of halogens is 2. The Hall–Kier alpha value is -3.09. The van der Waals surface area contributed by atoms with Gasteiger partial charge >= 0.3 is 0 Å². The summed E-state index contributed by atoms with van der Waals surface area (Å²) < 4.78 is 42.7. The molecule has 0 aromatic heterocycles. The number of rotatable bonds is 4. The van der Waals surface area contributed by atoms with E-state index in [1.54, 1.807) is 12.1 Å². The zero-order valence-corrected chi connectivity index (χ0v) is 13.3. The first-order chi connectivity index (χ1) is 12.1. The number of methoxy groups -OCH3 is 1. The normalized spacial score (nSPS) is 12.9. The lowest BCUT2D eigenvalue weighted by molar-refractivity contribution is -0.111. The summed E-state index contributed by atoms with van der Waals surface area (Å²) in [6.07, 6.45) is 2.76. The van der Waals surface area contributed by atoms with E-state index in [0.717, 1.165) is 12.1 Å². The number of ether oxygens (including phenoxy) is 3. The average Bonchev–Trinajstić information content (AvgIpc) is 2.61. The lowest BCUT2D eigenvalue weighted by Crippen LogP contribution is -2.16. The highest BCUT2D eigenvalue weighted by Crippen LogP contribution is 2.40. The quantitative estimate of drug-likeness (QED) is 0.862. The van der Waals surface area contributed by atoms with Gasteiger partial charge in [0.15, 0.2) is 11.5 Å². The fourth-order valence-electron chi connectivity index (χ4n) is 2.33. The Balaban J connectivity index is 1.76. The summed E-state index contributed by atoms with van der Waals surface area (Å²) in [5.41, 5.74) is 0.548. The Kier molecular flexibility index (Phi) is 4.83. The van der Waals surface area contributed by atoms with Crippen molar-refractivity contribution < 1.29 is 27.8 Å². The molecule has 1 aliphatic rings. The van der Waals surface area contributed by atoms with E-state index in [0.29, 0.717) is 42.1 Å². The molecule has 0 unspecified atom stereocenters. The average molecular weight is 347 g/mol. The SMILES string of the molecule is COc1cc(/C=C/C(=O)Nc2ccc(F)cc2F)cc2c1OCCO2. The lowest BCUT2D eigenvalue weighted by Gasteiger charge is -2.20. The number of amides is 1. The summed E-state index contributed by atoms with van der Waals surface area (Å²) >= 11 is 0. The predicted molar refractivity (Wildman–Crippen MR) is 88.0 cm³/mol. The lowest BCUT2D eigenvalue weighted by atomic mass is 10.1. The van der Waals surface area contributed by atoms with E-state index in [1.165, 1.54) is 19.3 Å². The molecule has 0 fully saturated rings. The molecule has 5 nitrogen and oxygen atoms in total. The molecule has 0 aliphatic carbocycles. The van der Waals surface area contributed by atoms with E-state index in [9.17, 15) is 13.6 Å². The number of hydrogen-bond donors (Lipinski definition) is 1. The minimum absolute atomic E-state index is 0.101. The van der Waals surface area contributed by atoms with Crippen molar-refractivity contribution in [2.45, 2.75) is 0 Å². The fourth-order valence-corrected chi connectivity index (χ4v) is 2.33. The Bertz CT molecular complexity index is 819. The van der Waals surface area contributed by atoms with E-state index in [1.807, 2.05) is 0 Å². The maximum Gasteiger partial charge on any atom is 0.248 e. The van der Waals surface area contributed by atoms with Crippen molar-refractivity contribution in [3.8, 4) is 17.2 Å². The Labute approximate surface area is 142 Å². The fraction of sp³-hybridized carbons (Fsp3) is 0.167. The largest absolute Gasteiger partial charge is 0.493 e. The number of hydrogen-bond acceptors (Lipinski definition) is 4. The molecule has 0 saturated carbocycles. The Morgan fingerprint density at radius 3 is 2.76 bits per heavy atom. The van der Waals surface area contributed by atoms with E-state index >= 15 is 0 Å². The molecule has 0 bridgehead atoms. The number of nitrogens with one attached hydrogen (secondary N) is 1. The van der Waals surface area contributed by atoms with Crippen LogP contribution in [0.25, 0.3) is 6.08 Å². The third kappa shape index (κ3) is 3.88. The van der Waals surface area contributed by atoms with E-state index in [4.69, 9.17) is 14.2 Å². The molecule has 0 spiro atoms. The summed E-state index contributed by atoms with van der Waals surface area (Å²) in [6, 6.07) is 6.32. The predicted octanol–water partition coefficient (Wildman–Crippen LogP) is 3.40. The molecule has 0 radical (unpaired) electrons. The minimum atomic E-state index is -0.845. The van der Waals surface area contributed by atoms with Crippen LogP contribution in [-0.4, -0.2) is 26.2 Å². The number of carbonyl (C=O) groups excluding carboxylic acids is 1. The standard InChI is InChI=1S/C18H15F2NO4/c1-23-15-8-11(9-16-18(15)25-7-6-24-16)2-5-17(22)21-14-4-3-12(19)10-13(14)20/h2-5,8-10H,6-7H2,1H3,(H,21,22)/b5-2+. The van der Waals surface area contributed by atoms with Crippen LogP contribution in [0.5, 0.6) is 17.2 Å². The van der Waals surface area contributed by atoms with Gasteiger partial charge in [0, 0.05) is 12.1 Å². The van der Waals surface area contributed by atoms with Crippen LogP contribution in [0.4, 0.5) is 14.5 Å². The van der Waals surface area contributed by atoms with Gasteiger partial charge in [0.1, 0.15) is 24.8 Å². The van der Waals surface area contributed by atoms with Gasteiger partial charge in [-0.3, -0.25) is 4.79 Å². The molecule has 2 aromatic rings. The van der Waals surface area contributed by atoms with Crippen LogP contribution in [-0.2, 0) is 4.79 Å². The van der Waals surface area contributed by atoms with Crippen LogP contribution in [0, 0.1) is 11.6 Å². The van der Waals surface area contributed by atoms with Crippen LogP contribution in [0.3, 0.4) is 0 Å². The molecule has 1 heterocycles. The molecule has 3 rings (SSSR count). The van der Waals surface area contributed by atoms with Crippen molar-refractivity contribution in [3.05, 3.63) is 53.6 Å². The second-order valence-electron chi connectivity index (χ2n) is 5.19. The highest BCUT2D eigenvalue weighted by molar-refractivity contribution is 6.02. The van der Waals surface area contributed by atoms with Crippen LogP contribution in [0.15, 0.2) is 36.4 Å². The minimum Gasteiger partial charge on any atom is -0.493 e. The molecule has 1 aliphatic heterocycles. The van der Waals surface area contributed by atoms with Crippen molar-refractivity contribution in [3.63, 3.8) is 0 Å². The first kappa shape index (κ1) is 16.8. The van der Waals surface area contributed by atoms with Crippen LogP contribution in [0.2, 0.25) is 0 Å². The van der Waals surface area contributed by atoms with Gasteiger partial charge in [-0.05, 0) is 35.9 Å². The molecule has 2 aromatic carbocycles. The van der Waals surface area contributed by atoms with Gasteiger partial charge in [0.2, 0.25) is 11.7 Å². The van der Waals surface area contributed by atoms with Crippen molar-refractivity contribution in [2.24, 2.45) is 0 Å². The number of fused-ring (bicyclic) bond motifs is 1. The van der Waals surface area contributed by atoms with Gasteiger partial charge < -0.3 is 19.5 Å². The summed E-state index contributed by atoms with van der Waals surface area (Å²) in [5, 5.41) is 2.34. The summed E-state index contributed by atoms with van der Waals surface area (Å²) in [6.45, 7) is 0.859. The zero-order chi connectivity index (χ0) is 17.8. The van der Waals surface area contributed by atoms with Gasteiger partial charge in [-0.15, -0.1) is 0 Å². The monoisotopic (exact) mass is 347 g/mol. The number of benzene rings is 2. The highest BCUT2D eigenvalue weighted by Gasteiger charge is 2.17.